The molecule has 0 atom stereocenters. The van der Waals surface area contributed by atoms with Crippen molar-refractivity contribution in [2.24, 2.45) is 0 Å². The molecule has 0 spiro atoms. The molecule has 0 unspecified atom stereocenters. The van der Waals surface area contributed by atoms with Crippen LogP contribution in [0.2, 0.25) is 0 Å². The predicted octanol–water partition coefficient (Wildman–Crippen LogP) is 0.532. The van der Waals surface area contributed by atoms with Gasteiger partial charge in [0, 0.05) is 0 Å². The lowest BCUT2D eigenvalue weighted by molar-refractivity contribution is -0.104. The molecule has 8 heavy (non-hydrogen) atoms. The van der Waals surface area contributed by atoms with Gasteiger partial charge in [0.2, 0.25) is 0 Å². The number of carbonyl (C=O) groups is 1. The largest absolute Gasteiger partial charge is 0.377 e. The molecule has 2 nitrogen and oxygen atoms in total. The first-order valence-corrected chi connectivity index (χ1v) is 2.64. The van der Waals surface area contributed by atoms with Crippen LogP contribution in [-0.2, 0) is 9.53 Å². The Bertz CT molecular complexity index is 108. The number of hydrogen-bond acceptors (Lipinski definition) is 2. The van der Waals surface area contributed by atoms with Crippen molar-refractivity contribution in [3.63, 3.8) is 0 Å². The Labute approximate surface area is 48.1 Å². The van der Waals surface area contributed by atoms with Crippen molar-refractivity contribution >= 4 is 6.29 Å². The van der Waals surface area contributed by atoms with Crippen LogP contribution in [0.5, 0.6) is 0 Å². The van der Waals surface area contributed by atoms with Gasteiger partial charge in [-0.25, -0.2) is 0 Å². The first kappa shape index (κ1) is 5.51. The van der Waals surface area contributed by atoms with Gasteiger partial charge in [0.25, 0.3) is 0 Å². The van der Waals surface area contributed by atoms with E-state index in [0.29, 0.717) is 6.61 Å². The van der Waals surface area contributed by atoms with Crippen LogP contribution in [0.25, 0.3) is 0 Å². The molecule has 1 saturated heterocycles. The monoisotopic (exact) mass is 112 g/mol. The van der Waals surface area contributed by atoms with Crippen molar-refractivity contribution in [1.29, 1.82) is 0 Å². The van der Waals surface area contributed by atoms with Crippen LogP contribution in [0.4, 0.5) is 0 Å². The van der Waals surface area contributed by atoms with E-state index in [1.807, 2.05) is 0 Å². The van der Waals surface area contributed by atoms with Gasteiger partial charge in [-0.1, -0.05) is 0 Å². The van der Waals surface area contributed by atoms with E-state index in [-0.39, 0.29) is 0 Å². The minimum atomic E-state index is 0.652. The van der Waals surface area contributed by atoms with E-state index in [4.69, 9.17) is 4.74 Å². The molecule has 0 aromatic carbocycles. The minimum Gasteiger partial charge on any atom is -0.377 e. The average molecular weight is 112 g/mol. The van der Waals surface area contributed by atoms with Crippen LogP contribution in [0.3, 0.4) is 0 Å². The summed E-state index contributed by atoms with van der Waals surface area (Å²) in [4.78, 5) is 9.83. The zero-order valence-electron chi connectivity index (χ0n) is 4.59. The fraction of sp³-hybridized carbons (Fsp3) is 0.500. The second kappa shape index (κ2) is 2.62. The minimum absolute atomic E-state index is 0.652. The van der Waals surface area contributed by atoms with Gasteiger partial charge < -0.3 is 4.74 Å². The SMILES string of the molecule is O=C/C=C1\CCOC1. The Hall–Kier alpha value is -0.630. The molecule has 1 heterocycles. The van der Waals surface area contributed by atoms with E-state index in [0.717, 1.165) is 24.9 Å². The first-order chi connectivity index (χ1) is 3.93. The van der Waals surface area contributed by atoms with Gasteiger partial charge in [-0.05, 0) is 18.1 Å². The third kappa shape index (κ3) is 1.17. The molecule has 1 aliphatic rings. The molecule has 44 valence electrons. The zero-order valence-corrected chi connectivity index (χ0v) is 4.59. The topological polar surface area (TPSA) is 26.3 Å². The van der Waals surface area contributed by atoms with E-state index in [9.17, 15) is 4.79 Å². The number of carbonyl (C=O) groups excluding carboxylic acids is 1. The van der Waals surface area contributed by atoms with Crippen LogP contribution in [0, 0.1) is 0 Å². The number of allylic oxidation sites excluding steroid dienone is 1. The van der Waals surface area contributed by atoms with Crippen molar-refractivity contribution in [3.8, 4) is 0 Å². The second-order valence-corrected chi connectivity index (χ2v) is 1.76. The molecule has 1 aliphatic heterocycles. The standard InChI is InChI=1S/C6H8O2/c7-3-1-6-2-4-8-5-6/h1,3H,2,4-5H2/b6-1+. The van der Waals surface area contributed by atoms with Gasteiger partial charge in [-0.2, -0.15) is 0 Å². The van der Waals surface area contributed by atoms with Crippen LogP contribution in [0.1, 0.15) is 6.42 Å². The molecule has 0 amide bonds. The number of rotatable bonds is 1. The zero-order chi connectivity index (χ0) is 5.82. The van der Waals surface area contributed by atoms with Crippen molar-refractivity contribution in [1.82, 2.24) is 0 Å². The quantitative estimate of drug-likeness (QED) is 0.365. The van der Waals surface area contributed by atoms with E-state index in [1.165, 1.54) is 0 Å². The Balaban J connectivity index is 2.44. The summed E-state index contributed by atoms with van der Waals surface area (Å²) < 4.78 is 4.98. The molecule has 0 bridgehead atoms. The molecule has 1 rings (SSSR count). The summed E-state index contributed by atoms with van der Waals surface area (Å²) in [6.45, 7) is 1.43. The Morgan fingerprint density at radius 2 is 2.50 bits per heavy atom. The Morgan fingerprint density at radius 3 is 3.00 bits per heavy atom. The van der Waals surface area contributed by atoms with Gasteiger partial charge in [0.05, 0.1) is 13.2 Å². The van der Waals surface area contributed by atoms with E-state index >= 15 is 0 Å². The highest BCUT2D eigenvalue weighted by molar-refractivity contribution is 5.66. The van der Waals surface area contributed by atoms with Gasteiger partial charge in [-0.15, -0.1) is 0 Å². The highest BCUT2D eigenvalue weighted by Gasteiger charge is 2.04. The molecule has 0 aliphatic carbocycles. The first-order valence-electron chi connectivity index (χ1n) is 2.64. The van der Waals surface area contributed by atoms with Crippen LogP contribution >= 0.6 is 0 Å². The van der Waals surface area contributed by atoms with Gasteiger partial charge in [-0.3, -0.25) is 4.79 Å². The molecular weight excluding hydrogens is 104 g/mol. The summed E-state index contributed by atoms with van der Waals surface area (Å²) in [5.74, 6) is 0. The van der Waals surface area contributed by atoms with Gasteiger partial charge >= 0.3 is 0 Å². The lowest BCUT2D eigenvalue weighted by Crippen LogP contribution is -1.80. The third-order valence-corrected chi connectivity index (χ3v) is 1.16. The van der Waals surface area contributed by atoms with Crippen molar-refractivity contribution in [3.05, 3.63) is 11.6 Å². The summed E-state index contributed by atoms with van der Waals surface area (Å²) in [6, 6.07) is 0. The fourth-order valence-corrected chi connectivity index (χ4v) is 0.706. The van der Waals surface area contributed by atoms with Crippen LogP contribution < -0.4 is 0 Å². The smallest absolute Gasteiger partial charge is 0.142 e. The van der Waals surface area contributed by atoms with Crippen molar-refractivity contribution in [2.75, 3.05) is 13.2 Å². The van der Waals surface area contributed by atoms with Gasteiger partial charge in [0.1, 0.15) is 6.29 Å². The molecule has 0 saturated carbocycles. The maximum Gasteiger partial charge on any atom is 0.142 e. The lowest BCUT2D eigenvalue weighted by Gasteiger charge is -1.83. The van der Waals surface area contributed by atoms with E-state index in [1.54, 1.807) is 6.08 Å². The van der Waals surface area contributed by atoms with Crippen molar-refractivity contribution in [2.45, 2.75) is 6.42 Å². The van der Waals surface area contributed by atoms with Crippen LogP contribution in [-0.4, -0.2) is 19.5 Å². The summed E-state index contributed by atoms with van der Waals surface area (Å²) in [6.07, 6.45) is 3.32. The maximum atomic E-state index is 9.83. The maximum absolute atomic E-state index is 9.83. The molecular formula is C6H8O2. The molecule has 1 fully saturated rings. The van der Waals surface area contributed by atoms with E-state index in [2.05, 4.69) is 0 Å². The normalized spacial score (nSPS) is 24.2. The van der Waals surface area contributed by atoms with E-state index < -0.39 is 0 Å². The fourth-order valence-electron chi connectivity index (χ4n) is 0.706. The Kier molecular flexibility index (Phi) is 1.80. The number of hydrogen-bond donors (Lipinski definition) is 0. The molecule has 0 radical (unpaired) electrons. The number of ether oxygens (including phenoxy) is 1. The molecule has 2 heteroatoms. The average Bonchev–Trinajstić information content (AvgIpc) is 2.19. The molecule has 0 aromatic rings. The highest BCUT2D eigenvalue weighted by Crippen LogP contribution is 2.08. The van der Waals surface area contributed by atoms with Crippen LogP contribution in [0.15, 0.2) is 11.6 Å². The lowest BCUT2D eigenvalue weighted by atomic mass is 10.2. The number of aldehydes is 1. The summed E-state index contributed by atoms with van der Waals surface area (Å²) >= 11 is 0. The third-order valence-electron chi connectivity index (χ3n) is 1.16. The summed E-state index contributed by atoms with van der Waals surface area (Å²) in [7, 11) is 0. The highest BCUT2D eigenvalue weighted by atomic mass is 16.5. The summed E-state index contributed by atoms with van der Waals surface area (Å²) in [5, 5.41) is 0. The van der Waals surface area contributed by atoms with Gasteiger partial charge in [0.15, 0.2) is 0 Å². The molecule has 0 N–H and O–H groups in total. The summed E-state index contributed by atoms with van der Waals surface area (Å²) in [5.41, 5.74) is 1.11. The predicted molar refractivity (Wildman–Crippen MR) is 29.6 cm³/mol. The second-order valence-electron chi connectivity index (χ2n) is 1.76. The van der Waals surface area contributed by atoms with Crippen molar-refractivity contribution < 1.29 is 9.53 Å². The Morgan fingerprint density at radius 1 is 1.62 bits per heavy atom. The molecule has 0 aromatic heterocycles.